The van der Waals surface area contributed by atoms with Gasteiger partial charge in [0.2, 0.25) is 5.91 Å². The van der Waals surface area contributed by atoms with Crippen LogP contribution in [0.15, 0.2) is 51.0 Å². The fourth-order valence-corrected chi connectivity index (χ4v) is 2.66. The van der Waals surface area contributed by atoms with Gasteiger partial charge in [-0.05, 0) is 29.6 Å². The van der Waals surface area contributed by atoms with Crippen molar-refractivity contribution in [2.75, 3.05) is 5.32 Å². The highest BCUT2D eigenvalue weighted by atomic mass is 32.1. The Balaban J connectivity index is 1.72. The number of nitrogens with zero attached hydrogens (tertiary/aromatic N) is 2. The Bertz CT molecular complexity index is 945. The number of aromatic nitrogens is 2. The number of rotatable bonds is 4. The van der Waals surface area contributed by atoms with E-state index in [-0.39, 0.29) is 11.6 Å². The van der Waals surface area contributed by atoms with Gasteiger partial charge in [-0.1, -0.05) is 12.1 Å². The summed E-state index contributed by atoms with van der Waals surface area (Å²) in [7, 11) is 0. The van der Waals surface area contributed by atoms with Crippen LogP contribution in [0.5, 0.6) is 0 Å². The molecular formula is C15H10F3N3O3S. The molecule has 0 radical (unpaired) electrons. The Morgan fingerprint density at radius 3 is 2.76 bits per heavy atom. The number of carbonyl (C=O) groups excluding carboxylic acids is 1. The zero-order chi connectivity index (χ0) is 18.0. The first-order valence-electron chi connectivity index (χ1n) is 6.92. The summed E-state index contributed by atoms with van der Waals surface area (Å²) in [5, 5.41) is 7.97. The molecule has 0 unspecified atom stereocenters. The summed E-state index contributed by atoms with van der Waals surface area (Å²) in [5.74, 6) is -1.46. The van der Waals surface area contributed by atoms with Gasteiger partial charge < -0.3 is 9.73 Å². The molecule has 0 aliphatic carbocycles. The summed E-state index contributed by atoms with van der Waals surface area (Å²) in [6.07, 6.45) is -4.51. The molecule has 0 saturated carbocycles. The van der Waals surface area contributed by atoms with E-state index in [9.17, 15) is 22.8 Å². The number of halogens is 3. The summed E-state index contributed by atoms with van der Waals surface area (Å²) in [6, 6.07) is 7.64. The van der Waals surface area contributed by atoms with Gasteiger partial charge >= 0.3 is 11.9 Å². The zero-order valence-corrected chi connectivity index (χ0v) is 13.2. The second kappa shape index (κ2) is 6.55. The Morgan fingerprint density at radius 2 is 2.08 bits per heavy atom. The molecule has 6 nitrogen and oxygen atoms in total. The van der Waals surface area contributed by atoms with E-state index in [4.69, 9.17) is 4.42 Å². The van der Waals surface area contributed by atoms with Gasteiger partial charge in [0.25, 0.3) is 5.89 Å². The fourth-order valence-electron chi connectivity index (χ4n) is 2.02. The van der Waals surface area contributed by atoms with Crippen LogP contribution >= 0.6 is 11.3 Å². The van der Waals surface area contributed by atoms with Crippen molar-refractivity contribution in [3.05, 3.63) is 57.9 Å². The van der Waals surface area contributed by atoms with Crippen molar-refractivity contribution in [1.82, 2.24) is 9.78 Å². The van der Waals surface area contributed by atoms with Crippen molar-refractivity contribution in [1.29, 1.82) is 0 Å². The molecule has 1 amide bonds. The molecule has 1 aromatic carbocycles. The molecule has 10 heteroatoms. The Morgan fingerprint density at radius 1 is 1.28 bits per heavy atom. The largest absolute Gasteiger partial charge is 0.437 e. The lowest BCUT2D eigenvalue weighted by atomic mass is 10.2. The van der Waals surface area contributed by atoms with Crippen molar-refractivity contribution >= 4 is 22.9 Å². The lowest BCUT2D eigenvalue weighted by molar-refractivity contribution is -0.137. The van der Waals surface area contributed by atoms with Crippen molar-refractivity contribution in [3.8, 4) is 10.8 Å². The highest BCUT2D eigenvalue weighted by molar-refractivity contribution is 7.13. The molecule has 25 heavy (non-hydrogen) atoms. The first-order chi connectivity index (χ1) is 11.8. The second-order valence-corrected chi connectivity index (χ2v) is 5.88. The van der Waals surface area contributed by atoms with E-state index < -0.39 is 29.9 Å². The predicted octanol–water partition coefficient (Wildman–Crippen LogP) is 3.22. The number of hydrogen-bond donors (Lipinski definition) is 1. The molecule has 2 heterocycles. The van der Waals surface area contributed by atoms with E-state index in [1.165, 1.54) is 23.5 Å². The molecule has 0 fully saturated rings. The highest BCUT2D eigenvalue weighted by Crippen LogP contribution is 2.30. The monoisotopic (exact) mass is 369 g/mol. The molecule has 0 atom stereocenters. The third-order valence-corrected chi connectivity index (χ3v) is 3.96. The molecule has 130 valence electrons. The molecular weight excluding hydrogens is 359 g/mol. The summed E-state index contributed by atoms with van der Waals surface area (Å²) < 4.78 is 43.7. The van der Waals surface area contributed by atoms with Crippen molar-refractivity contribution in [2.24, 2.45) is 0 Å². The van der Waals surface area contributed by atoms with Gasteiger partial charge in [0, 0.05) is 5.69 Å². The van der Waals surface area contributed by atoms with Gasteiger partial charge in [-0.2, -0.15) is 17.9 Å². The summed E-state index contributed by atoms with van der Waals surface area (Å²) in [5.41, 5.74) is -0.918. The van der Waals surface area contributed by atoms with E-state index >= 15 is 0 Å². The summed E-state index contributed by atoms with van der Waals surface area (Å²) >= 11 is 1.31. The molecule has 0 aliphatic rings. The van der Waals surface area contributed by atoms with Crippen LogP contribution in [-0.4, -0.2) is 15.7 Å². The minimum Gasteiger partial charge on any atom is -0.387 e. The first kappa shape index (κ1) is 17.0. The number of anilines is 1. The Labute approximate surface area is 142 Å². The number of carbonyl (C=O) groups is 1. The molecule has 0 aliphatic heterocycles. The van der Waals surface area contributed by atoms with Crippen LogP contribution in [0.2, 0.25) is 0 Å². The third-order valence-electron chi connectivity index (χ3n) is 3.11. The quantitative estimate of drug-likeness (QED) is 0.766. The number of benzene rings is 1. The predicted molar refractivity (Wildman–Crippen MR) is 84.1 cm³/mol. The molecule has 0 spiro atoms. The van der Waals surface area contributed by atoms with Crippen LogP contribution in [0.1, 0.15) is 5.56 Å². The molecule has 1 N–H and O–H groups in total. The number of amides is 1. The Hall–Kier alpha value is -2.88. The van der Waals surface area contributed by atoms with Crippen LogP contribution in [0.3, 0.4) is 0 Å². The van der Waals surface area contributed by atoms with Gasteiger partial charge in [-0.3, -0.25) is 4.79 Å². The maximum absolute atomic E-state index is 12.7. The van der Waals surface area contributed by atoms with E-state index in [1.54, 1.807) is 17.5 Å². The van der Waals surface area contributed by atoms with E-state index in [0.29, 0.717) is 4.88 Å². The topological polar surface area (TPSA) is 77.1 Å². The zero-order valence-electron chi connectivity index (χ0n) is 12.4. The van der Waals surface area contributed by atoms with Crippen molar-refractivity contribution < 1.29 is 22.4 Å². The molecule has 3 aromatic rings. The molecule has 0 bridgehead atoms. The van der Waals surface area contributed by atoms with Crippen LogP contribution in [-0.2, 0) is 17.5 Å². The maximum Gasteiger partial charge on any atom is 0.437 e. The number of alkyl halides is 3. The normalized spacial score (nSPS) is 11.5. The van der Waals surface area contributed by atoms with Gasteiger partial charge in [-0.25, -0.2) is 4.79 Å². The minimum absolute atomic E-state index is 0.0325. The van der Waals surface area contributed by atoms with Crippen LogP contribution in [0, 0.1) is 0 Å². The van der Waals surface area contributed by atoms with E-state index in [1.807, 2.05) is 0 Å². The average molecular weight is 369 g/mol. The SMILES string of the molecule is O=C(Cn1nc(-c2cccs2)oc1=O)Nc1cccc(C(F)(F)F)c1. The highest BCUT2D eigenvalue weighted by Gasteiger charge is 2.30. The lowest BCUT2D eigenvalue weighted by Crippen LogP contribution is -2.26. The summed E-state index contributed by atoms with van der Waals surface area (Å²) in [6.45, 7) is -0.482. The fraction of sp³-hybridized carbons (Fsp3) is 0.133. The number of thiophene rings is 1. The average Bonchev–Trinajstić information content (AvgIpc) is 3.17. The third kappa shape index (κ3) is 3.97. The van der Waals surface area contributed by atoms with E-state index in [0.717, 1.165) is 16.8 Å². The maximum atomic E-state index is 12.7. The molecule has 3 rings (SSSR count). The summed E-state index contributed by atoms with van der Waals surface area (Å²) in [4.78, 5) is 24.3. The van der Waals surface area contributed by atoms with Crippen LogP contribution in [0.25, 0.3) is 10.8 Å². The minimum atomic E-state index is -4.51. The van der Waals surface area contributed by atoms with Gasteiger partial charge in [0.05, 0.1) is 10.4 Å². The number of hydrogen-bond acceptors (Lipinski definition) is 5. The van der Waals surface area contributed by atoms with E-state index in [2.05, 4.69) is 10.4 Å². The van der Waals surface area contributed by atoms with Gasteiger partial charge in [0.15, 0.2) is 0 Å². The van der Waals surface area contributed by atoms with Gasteiger partial charge in [-0.15, -0.1) is 16.4 Å². The molecule has 2 aromatic heterocycles. The number of nitrogens with one attached hydrogen (secondary N) is 1. The van der Waals surface area contributed by atoms with Crippen LogP contribution < -0.4 is 11.1 Å². The standard InChI is InChI=1S/C15H10F3N3O3S/c16-15(17,18)9-3-1-4-10(7-9)19-12(22)8-21-14(23)24-13(20-21)11-5-2-6-25-11/h1-7H,8H2,(H,19,22). The first-order valence-corrected chi connectivity index (χ1v) is 7.80. The van der Waals surface area contributed by atoms with Gasteiger partial charge in [0.1, 0.15) is 6.54 Å². The molecule has 0 saturated heterocycles. The second-order valence-electron chi connectivity index (χ2n) is 4.93. The van der Waals surface area contributed by atoms with Crippen molar-refractivity contribution in [2.45, 2.75) is 12.7 Å². The van der Waals surface area contributed by atoms with Crippen LogP contribution in [0.4, 0.5) is 18.9 Å². The Kier molecular flexibility index (Phi) is 4.45. The lowest BCUT2D eigenvalue weighted by Gasteiger charge is -2.09. The smallest absolute Gasteiger partial charge is 0.387 e. The van der Waals surface area contributed by atoms with Crippen molar-refractivity contribution in [3.63, 3.8) is 0 Å².